The van der Waals surface area contributed by atoms with E-state index in [9.17, 15) is 5.26 Å². The van der Waals surface area contributed by atoms with E-state index in [1.807, 2.05) is 18.2 Å². The lowest BCUT2D eigenvalue weighted by Gasteiger charge is -2.20. The Morgan fingerprint density at radius 2 is 1.26 bits per heavy atom. The molecule has 3 aromatic carbocycles. The van der Waals surface area contributed by atoms with Gasteiger partial charge in [-0.25, -0.2) is 19.9 Å². The number of benzene rings is 3. The first-order valence-electron chi connectivity index (χ1n) is 12.5. The van der Waals surface area contributed by atoms with E-state index in [1.54, 1.807) is 24.8 Å². The Bertz CT molecular complexity index is 1950. The molecular weight excluding hydrogens is 482 g/mol. The normalized spacial score (nSPS) is 11.4. The minimum absolute atomic E-state index is 0.0152. The highest BCUT2D eigenvalue weighted by Gasteiger charge is 2.20. The van der Waals surface area contributed by atoms with Gasteiger partial charge in [-0.05, 0) is 40.8 Å². The Balaban J connectivity index is 1.67. The summed E-state index contributed by atoms with van der Waals surface area (Å²) in [6.07, 6.45) is 6.65. The van der Waals surface area contributed by atoms with Gasteiger partial charge in [-0.1, -0.05) is 57.2 Å². The quantitative estimate of drug-likeness (QED) is 0.264. The summed E-state index contributed by atoms with van der Waals surface area (Å²) in [4.78, 5) is 16.8. The van der Waals surface area contributed by atoms with Gasteiger partial charge in [-0.15, -0.1) is 0 Å². The molecule has 0 saturated carbocycles. The molecule has 0 bridgehead atoms. The molecule has 3 aromatic heterocycles. The molecule has 0 amide bonds. The fourth-order valence-corrected chi connectivity index (χ4v) is 4.90. The predicted molar refractivity (Wildman–Crippen MR) is 151 cm³/mol. The van der Waals surface area contributed by atoms with Crippen LogP contribution in [0.25, 0.3) is 49.7 Å². The molecule has 7 nitrogen and oxygen atoms in total. The molecule has 0 aliphatic heterocycles. The molecule has 6 aromatic rings. The van der Waals surface area contributed by atoms with Crippen molar-refractivity contribution in [3.05, 3.63) is 103 Å². The minimum atomic E-state index is -0.0152. The van der Waals surface area contributed by atoms with Gasteiger partial charge in [0.25, 0.3) is 0 Å². The van der Waals surface area contributed by atoms with Crippen LogP contribution in [0.15, 0.2) is 85.5 Å². The summed E-state index contributed by atoms with van der Waals surface area (Å²) >= 11 is 0. The molecule has 0 atom stereocenters. The zero-order chi connectivity index (χ0) is 27.1. The van der Waals surface area contributed by atoms with E-state index in [4.69, 9.17) is 5.26 Å². The van der Waals surface area contributed by atoms with E-state index in [1.165, 1.54) is 16.3 Å². The number of nitriles is 2. The molecule has 0 saturated heterocycles. The van der Waals surface area contributed by atoms with Crippen molar-refractivity contribution in [1.82, 2.24) is 24.5 Å². The van der Waals surface area contributed by atoms with Crippen LogP contribution in [0.5, 0.6) is 0 Å². The Labute approximate surface area is 225 Å². The molecule has 0 spiro atoms. The summed E-state index contributed by atoms with van der Waals surface area (Å²) in [7, 11) is 0. The van der Waals surface area contributed by atoms with Crippen molar-refractivity contribution in [1.29, 1.82) is 10.5 Å². The van der Waals surface area contributed by atoms with Crippen molar-refractivity contribution >= 4 is 21.8 Å². The van der Waals surface area contributed by atoms with Crippen molar-refractivity contribution in [3.63, 3.8) is 0 Å². The molecule has 7 heteroatoms. The highest BCUT2D eigenvalue weighted by atomic mass is 15.0. The summed E-state index contributed by atoms with van der Waals surface area (Å²) in [5.74, 6) is 0.236. The molecule has 0 aliphatic carbocycles. The van der Waals surface area contributed by atoms with E-state index < -0.39 is 0 Å². The standard InChI is InChI=1S/C32H23N7/c1-32(2,3)23-9-10-25-24-6-4-5-7-27(24)39(29(25)13-23)28-11-8-20(21-16-35-30(14-33)36-17-21)12-26(28)22-18-37-31(15-34)38-19-22/h4-13,16-19H,1-3H3. The Hall–Kier alpha value is -5.40. The van der Waals surface area contributed by atoms with E-state index in [0.29, 0.717) is 0 Å². The topological polar surface area (TPSA) is 104 Å². The van der Waals surface area contributed by atoms with Gasteiger partial charge in [0, 0.05) is 52.3 Å². The number of fused-ring (bicyclic) bond motifs is 3. The lowest BCUT2D eigenvalue weighted by molar-refractivity contribution is 0.591. The van der Waals surface area contributed by atoms with Crippen LogP contribution in [0.1, 0.15) is 38.0 Å². The molecular formula is C32H23N7. The summed E-state index contributed by atoms with van der Waals surface area (Å²) in [5.41, 5.74) is 7.72. The number of hydrogen-bond acceptors (Lipinski definition) is 6. The van der Waals surface area contributed by atoms with Gasteiger partial charge in [0.2, 0.25) is 11.6 Å². The van der Waals surface area contributed by atoms with Crippen LogP contribution in [0.4, 0.5) is 0 Å². The summed E-state index contributed by atoms with van der Waals surface area (Å²) in [5, 5.41) is 20.7. The molecule has 0 N–H and O–H groups in total. The second-order valence-corrected chi connectivity index (χ2v) is 10.4. The maximum absolute atomic E-state index is 9.25. The first kappa shape index (κ1) is 24.0. The molecule has 0 radical (unpaired) electrons. The largest absolute Gasteiger partial charge is 0.309 e. The van der Waals surface area contributed by atoms with Crippen molar-refractivity contribution in [2.75, 3.05) is 0 Å². The summed E-state index contributed by atoms with van der Waals surface area (Å²) in [6.45, 7) is 6.65. The number of rotatable bonds is 3. The maximum atomic E-state index is 9.25. The third-order valence-corrected chi connectivity index (χ3v) is 6.93. The van der Waals surface area contributed by atoms with Crippen LogP contribution in [0.3, 0.4) is 0 Å². The first-order chi connectivity index (χ1) is 18.9. The molecule has 0 unspecified atom stereocenters. The summed E-state index contributed by atoms with van der Waals surface area (Å²) in [6, 6.07) is 25.2. The predicted octanol–water partition coefficient (Wildman–Crippen LogP) is 6.74. The third kappa shape index (κ3) is 4.17. The third-order valence-electron chi connectivity index (χ3n) is 6.93. The molecule has 39 heavy (non-hydrogen) atoms. The van der Waals surface area contributed by atoms with E-state index in [-0.39, 0.29) is 17.1 Å². The fourth-order valence-electron chi connectivity index (χ4n) is 4.90. The molecule has 0 fully saturated rings. The minimum Gasteiger partial charge on any atom is -0.309 e. The van der Waals surface area contributed by atoms with E-state index in [2.05, 4.69) is 99.9 Å². The average molecular weight is 506 g/mol. The monoisotopic (exact) mass is 505 g/mol. The average Bonchev–Trinajstić information content (AvgIpc) is 3.30. The fraction of sp³-hybridized carbons (Fsp3) is 0.125. The van der Waals surface area contributed by atoms with Crippen LogP contribution in [-0.2, 0) is 5.41 Å². The van der Waals surface area contributed by atoms with Crippen LogP contribution in [0, 0.1) is 22.7 Å². The maximum Gasteiger partial charge on any atom is 0.232 e. The Morgan fingerprint density at radius 1 is 0.641 bits per heavy atom. The first-order valence-corrected chi connectivity index (χ1v) is 12.5. The van der Waals surface area contributed by atoms with Crippen molar-refractivity contribution in [3.8, 4) is 40.1 Å². The smallest absolute Gasteiger partial charge is 0.232 e. The zero-order valence-electron chi connectivity index (χ0n) is 21.7. The second kappa shape index (κ2) is 9.16. The van der Waals surface area contributed by atoms with Gasteiger partial charge >= 0.3 is 0 Å². The van der Waals surface area contributed by atoms with E-state index >= 15 is 0 Å². The van der Waals surface area contributed by atoms with Gasteiger partial charge < -0.3 is 4.57 Å². The molecule has 0 aliphatic rings. The Morgan fingerprint density at radius 3 is 1.90 bits per heavy atom. The van der Waals surface area contributed by atoms with Crippen LogP contribution < -0.4 is 0 Å². The van der Waals surface area contributed by atoms with E-state index in [0.717, 1.165) is 39.0 Å². The highest BCUT2D eigenvalue weighted by molar-refractivity contribution is 6.10. The van der Waals surface area contributed by atoms with Crippen molar-refractivity contribution in [2.24, 2.45) is 0 Å². The van der Waals surface area contributed by atoms with Crippen molar-refractivity contribution in [2.45, 2.75) is 26.2 Å². The van der Waals surface area contributed by atoms with Gasteiger partial charge in [-0.3, -0.25) is 0 Å². The molecule has 3 heterocycles. The second-order valence-electron chi connectivity index (χ2n) is 10.4. The number of hydrogen-bond donors (Lipinski definition) is 0. The van der Waals surface area contributed by atoms with Crippen LogP contribution in [0.2, 0.25) is 0 Å². The number of nitrogens with zero attached hydrogens (tertiary/aromatic N) is 7. The SMILES string of the molecule is CC(C)(C)c1ccc2c3ccccc3n(-c3ccc(-c4cnc(C#N)nc4)cc3-c3cnc(C#N)nc3)c2c1. The number of para-hydroxylation sites is 1. The van der Waals surface area contributed by atoms with Crippen LogP contribution in [-0.4, -0.2) is 24.5 Å². The number of aromatic nitrogens is 5. The van der Waals surface area contributed by atoms with Gasteiger partial charge in [0.15, 0.2) is 0 Å². The highest BCUT2D eigenvalue weighted by Crippen LogP contribution is 2.39. The molecule has 6 rings (SSSR count). The summed E-state index contributed by atoms with van der Waals surface area (Å²) < 4.78 is 2.28. The van der Waals surface area contributed by atoms with Crippen LogP contribution >= 0.6 is 0 Å². The lowest BCUT2D eigenvalue weighted by atomic mass is 9.86. The zero-order valence-corrected chi connectivity index (χ0v) is 21.7. The van der Waals surface area contributed by atoms with Gasteiger partial charge in [0.1, 0.15) is 12.1 Å². The van der Waals surface area contributed by atoms with Crippen molar-refractivity contribution < 1.29 is 0 Å². The van der Waals surface area contributed by atoms with Gasteiger partial charge in [0.05, 0.1) is 16.7 Å². The lowest BCUT2D eigenvalue weighted by Crippen LogP contribution is -2.11. The molecule has 186 valence electrons. The Kier molecular flexibility index (Phi) is 5.63. The van der Waals surface area contributed by atoms with Gasteiger partial charge in [-0.2, -0.15) is 10.5 Å².